The molecule has 3 nitrogen and oxygen atoms in total. The first-order valence-corrected chi connectivity index (χ1v) is 8.12. The van der Waals surface area contributed by atoms with Gasteiger partial charge in [-0.05, 0) is 50.8 Å². The highest BCUT2D eigenvalue weighted by Crippen LogP contribution is 2.24. The zero-order valence-corrected chi connectivity index (χ0v) is 13.2. The lowest BCUT2D eigenvalue weighted by Crippen LogP contribution is -2.25. The second-order valence-electron chi connectivity index (χ2n) is 6.10. The van der Waals surface area contributed by atoms with Gasteiger partial charge >= 0.3 is 0 Å². The molecule has 1 fully saturated rings. The number of benzene rings is 1. The third-order valence-corrected chi connectivity index (χ3v) is 4.72. The van der Waals surface area contributed by atoms with Crippen molar-refractivity contribution in [2.75, 3.05) is 13.2 Å². The number of para-hydroxylation sites is 1. The number of nitrogens with zero attached hydrogens (tertiary/aromatic N) is 1. The Labute approximate surface area is 127 Å². The Morgan fingerprint density at radius 2 is 2.14 bits per heavy atom. The fraction of sp³-hybridized carbons (Fsp3) is 0.556. The summed E-state index contributed by atoms with van der Waals surface area (Å²) in [5, 5.41) is 4.96. The van der Waals surface area contributed by atoms with E-state index < -0.39 is 0 Å². The Bertz CT molecular complexity index is 558. The zero-order valence-electron chi connectivity index (χ0n) is 13.2. The molecule has 0 spiro atoms. The minimum atomic E-state index is 0.472. The van der Waals surface area contributed by atoms with Gasteiger partial charge in [0.2, 0.25) is 0 Å². The fourth-order valence-electron chi connectivity index (χ4n) is 3.39. The Morgan fingerprint density at radius 3 is 2.90 bits per heavy atom. The molecule has 0 aliphatic carbocycles. The summed E-state index contributed by atoms with van der Waals surface area (Å²) in [6, 6.07) is 8.64. The van der Waals surface area contributed by atoms with E-state index in [1.165, 1.54) is 41.4 Å². The van der Waals surface area contributed by atoms with E-state index in [2.05, 4.69) is 48.1 Å². The van der Waals surface area contributed by atoms with Crippen LogP contribution in [0.5, 0.6) is 0 Å². The van der Waals surface area contributed by atoms with E-state index in [1.807, 2.05) is 0 Å². The van der Waals surface area contributed by atoms with Crippen molar-refractivity contribution in [1.82, 2.24) is 9.88 Å². The van der Waals surface area contributed by atoms with Gasteiger partial charge in [0.1, 0.15) is 0 Å². The number of rotatable bonds is 5. The minimum absolute atomic E-state index is 0.472. The van der Waals surface area contributed by atoms with Crippen LogP contribution < -0.4 is 5.32 Å². The summed E-state index contributed by atoms with van der Waals surface area (Å²) in [5.74, 6) is 0. The van der Waals surface area contributed by atoms with Crippen LogP contribution in [0.25, 0.3) is 10.9 Å². The first kappa shape index (κ1) is 14.6. The maximum atomic E-state index is 5.78. The molecule has 2 heterocycles. The summed E-state index contributed by atoms with van der Waals surface area (Å²) in [4.78, 5) is 0. The number of nitrogens with one attached hydrogen (secondary N) is 1. The van der Waals surface area contributed by atoms with Gasteiger partial charge in [-0.2, -0.15) is 0 Å². The maximum Gasteiger partial charge on any atom is 0.0587 e. The molecule has 1 aromatic heterocycles. The van der Waals surface area contributed by atoms with Crippen LogP contribution >= 0.6 is 0 Å². The number of ether oxygens (including phenoxy) is 1. The van der Waals surface area contributed by atoms with Gasteiger partial charge in [0.05, 0.1) is 6.10 Å². The molecule has 1 aliphatic rings. The van der Waals surface area contributed by atoms with Crippen LogP contribution in [-0.4, -0.2) is 23.8 Å². The van der Waals surface area contributed by atoms with E-state index in [9.17, 15) is 0 Å². The lowest BCUT2D eigenvalue weighted by atomic mass is 10.1. The summed E-state index contributed by atoms with van der Waals surface area (Å²) >= 11 is 0. The van der Waals surface area contributed by atoms with Gasteiger partial charge < -0.3 is 14.6 Å². The SMILES string of the molecule is Cc1c(CNCCC2CCCCO2)n(C)c2ccccc12. The number of aryl methyl sites for hydroxylation is 2. The predicted octanol–water partition coefficient (Wildman–Crippen LogP) is 3.54. The molecule has 1 N–H and O–H groups in total. The van der Waals surface area contributed by atoms with Crippen LogP contribution in [-0.2, 0) is 18.3 Å². The molecule has 2 aromatic rings. The topological polar surface area (TPSA) is 26.2 Å². The molecule has 1 aliphatic heterocycles. The highest BCUT2D eigenvalue weighted by atomic mass is 16.5. The van der Waals surface area contributed by atoms with Crippen molar-refractivity contribution in [2.24, 2.45) is 7.05 Å². The molecular formula is C18H26N2O. The van der Waals surface area contributed by atoms with E-state index in [0.29, 0.717) is 6.10 Å². The summed E-state index contributed by atoms with van der Waals surface area (Å²) in [5.41, 5.74) is 4.11. The van der Waals surface area contributed by atoms with Gasteiger partial charge in [-0.3, -0.25) is 0 Å². The van der Waals surface area contributed by atoms with Crippen LogP contribution in [0.2, 0.25) is 0 Å². The summed E-state index contributed by atoms with van der Waals surface area (Å²) in [6.07, 6.45) is 5.39. The number of aromatic nitrogens is 1. The molecule has 1 unspecified atom stereocenters. The van der Waals surface area contributed by atoms with Crippen molar-refractivity contribution in [2.45, 2.75) is 45.3 Å². The van der Waals surface area contributed by atoms with E-state index >= 15 is 0 Å². The smallest absolute Gasteiger partial charge is 0.0587 e. The zero-order chi connectivity index (χ0) is 14.7. The van der Waals surface area contributed by atoms with Gasteiger partial charge in [-0.25, -0.2) is 0 Å². The Hall–Kier alpha value is -1.32. The van der Waals surface area contributed by atoms with Crippen molar-refractivity contribution < 1.29 is 4.74 Å². The highest BCUT2D eigenvalue weighted by Gasteiger charge is 2.14. The third-order valence-electron chi connectivity index (χ3n) is 4.72. The maximum absolute atomic E-state index is 5.78. The standard InChI is InChI=1S/C18H26N2O/c1-14-16-8-3-4-9-17(16)20(2)18(14)13-19-11-10-15-7-5-6-12-21-15/h3-4,8-9,15,19H,5-7,10-13H2,1-2H3. The van der Waals surface area contributed by atoms with Crippen molar-refractivity contribution in [3.63, 3.8) is 0 Å². The lowest BCUT2D eigenvalue weighted by Gasteiger charge is -2.22. The molecule has 1 aromatic carbocycles. The molecule has 1 saturated heterocycles. The van der Waals surface area contributed by atoms with Crippen LogP contribution in [0.4, 0.5) is 0 Å². The van der Waals surface area contributed by atoms with Crippen molar-refractivity contribution >= 4 is 10.9 Å². The highest BCUT2D eigenvalue weighted by molar-refractivity contribution is 5.85. The predicted molar refractivity (Wildman–Crippen MR) is 87.6 cm³/mol. The molecule has 21 heavy (non-hydrogen) atoms. The minimum Gasteiger partial charge on any atom is -0.378 e. The molecule has 114 valence electrons. The number of hydrogen-bond acceptors (Lipinski definition) is 2. The van der Waals surface area contributed by atoms with Crippen molar-refractivity contribution in [1.29, 1.82) is 0 Å². The van der Waals surface area contributed by atoms with Gasteiger partial charge in [-0.1, -0.05) is 18.2 Å². The second-order valence-corrected chi connectivity index (χ2v) is 6.10. The molecule has 3 rings (SSSR count). The van der Waals surface area contributed by atoms with E-state index in [4.69, 9.17) is 4.74 Å². The monoisotopic (exact) mass is 286 g/mol. The molecule has 0 radical (unpaired) electrons. The summed E-state index contributed by atoms with van der Waals surface area (Å²) in [7, 11) is 2.16. The first-order chi connectivity index (χ1) is 10.3. The van der Waals surface area contributed by atoms with Crippen LogP contribution in [0.1, 0.15) is 36.9 Å². The van der Waals surface area contributed by atoms with Gasteiger partial charge in [-0.15, -0.1) is 0 Å². The lowest BCUT2D eigenvalue weighted by molar-refractivity contribution is 0.0115. The van der Waals surface area contributed by atoms with Gasteiger partial charge in [0.25, 0.3) is 0 Å². The van der Waals surface area contributed by atoms with Crippen LogP contribution in [0.3, 0.4) is 0 Å². The van der Waals surface area contributed by atoms with Crippen LogP contribution in [0.15, 0.2) is 24.3 Å². The van der Waals surface area contributed by atoms with E-state index in [-0.39, 0.29) is 0 Å². The van der Waals surface area contributed by atoms with Gasteiger partial charge in [0, 0.05) is 36.8 Å². The average Bonchev–Trinajstić information content (AvgIpc) is 2.77. The fourth-order valence-corrected chi connectivity index (χ4v) is 3.39. The Balaban J connectivity index is 1.58. The van der Waals surface area contributed by atoms with Gasteiger partial charge in [0.15, 0.2) is 0 Å². The molecular weight excluding hydrogens is 260 g/mol. The average molecular weight is 286 g/mol. The molecule has 0 bridgehead atoms. The Kier molecular flexibility index (Phi) is 4.61. The molecule has 0 saturated carbocycles. The largest absolute Gasteiger partial charge is 0.378 e. The molecule has 0 amide bonds. The first-order valence-electron chi connectivity index (χ1n) is 8.12. The second kappa shape index (κ2) is 6.63. The quantitative estimate of drug-likeness (QED) is 0.851. The molecule has 3 heteroatoms. The number of fused-ring (bicyclic) bond motifs is 1. The Morgan fingerprint density at radius 1 is 1.29 bits per heavy atom. The van der Waals surface area contributed by atoms with E-state index in [1.54, 1.807) is 0 Å². The van der Waals surface area contributed by atoms with Crippen molar-refractivity contribution in [3.05, 3.63) is 35.5 Å². The van der Waals surface area contributed by atoms with Crippen molar-refractivity contribution in [3.8, 4) is 0 Å². The van der Waals surface area contributed by atoms with E-state index in [0.717, 1.165) is 26.1 Å². The molecule has 1 atom stereocenters. The summed E-state index contributed by atoms with van der Waals surface area (Å²) in [6.45, 7) is 5.14. The normalized spacial score (nSPS) is 19.2. The summed E-state index contributed by atoms with van der Waals surface area (Å²) < 4.78 is 8.09. The number of hydrogen-bond donors (Lipinski definition) is 1. The third kappa shape index (κ3) is 3.14. The van der Waals surface area contributed by atoms with Crippen LogP contribution in [0, 0.1) is 6.92 Å².